The van der Waals surface area contributed by atoms with Gasteiger partial charge < -0.3 is 4.90 Å². The highest BCUT2D eigenvalue weighted by atomic mass is 15.3. The Balaban J connectivity index is 1.99. The summed E-state index contributed by atoms with van der Waals surface area (Å²) in [4.78, 5) is 2.38. The number of aromatic nitrogens is 2. The molecule has 0 aromatic carbocycles. The van der Waals surface area contributed by atoms with Crippen molar-refractivity contribution in [2.75, 3.05) is 20.1 Å². The quantitative estimate of drug-likeness (QED) is 0.622. The SMILES string of the molecule is CN1CCC(n2cccn2)CC1. The lowest BCUT2D eigenvalue weighted by Crippen LogP contribution is -2.31. The van der Waals surface area contributed by atoms with Crippen LogP contribution in [0.4, 0.5) is 0 Å². The zero-order chi connectivity index (χ0) is 8.39. The second-order valence-electron chi connectivity index (χ2n) is 3.52. The number of piperidine rings is 1. The number of nitrogens with zero attached hydrogens (tertiary/aromatic N) is 3. The van der Waals surface area contributed by atoms with E-state index in [2.05, 4.69) is 27.9 Å². The Labute approximate surface area is 73.0 Å². The molecule has 0 unspecified atom stereocenters. The van der Waals surface area contributed by atoms with Crippen molar-refractivity contribution in [3.8, 4) is 0 Å². The van der Waals surface area contributed by atoms with Crippen molar-refractivity contribution in [3.05, 3.63) is 18.5 Å². The van der Waals surface area contributed by atoms with Crippen molar-refractivity contribution < 1.29 is 0 Å². The minimum Gasteiger partial charge on any atom is -0.306 e. The maximum absolute atomic E-state index is 4.26. The zero-order valence-electron chi connectivity index (χ0n) is 7.48. The second kappa shape index (κ2) is 3.27. The van der Waals surface area contributed by atoms with E-state index in [1.54, 1.807) is 0 Å². The standard InChI is InChI=1S/C9H15N3/c1-11-7-3-9(4-8-11)12-6-2-5-10-12/h2,5-6,9H,3-4,7-8H2,1H3. The summed E-state index contributed by atoms with van der Waals surface area (Å²) in [6, 6.07) is 2.63. The number of hydrogen-bond donors (Lipinski definition) is 0. The Morgan fingerprint density at radius 2 is 2.08 bits per heavy atom. The summed E-state index contributed by atoms with van der Waals surface area (Å²) in [5, 5.41) is 4.26. The first-order valence-electron chi connectivity index (χ1n) is 4.54. The molecule has 0 spiro atoms. The lowest BCUT2D eigenvalue weighted by atomic mass is 10.1. The monoisotopic (exact) mass is 165 g/mol. The molecule has 0 saturated carbocycles. The zero-order valence-corrected chi connectivity index (χ0v) is 7.48. The van der Waals surface area contributed by atoms with E-state index < -0.39 is 0 Å². The van der Waals surface area contributed by atoms with Crippen molar-refractivity contribution >= 4 is 0 Å². The average molecular weight is 165 g/mol. The van der Waals surface area contributed by atoms with E-state index in [1.165, 1.54) is 25.9 Å². The Morgan fingerprint density at radius 3 is 2.67 bits per heavy atom. The van der Waals surface area contributed by atoms with E-state index in [-0.39, 0.29) is 0 Å². The smallest absolute Gasteiger partial charge is 0.0543 e. The molecular weight excluding hydrogens is 150 g/mol. The molecule has 0 N–H and O–H groups in total. The molecule has 3 heteroatoms. The molecule has 3 nitrogen and oxygen atoms in total. The molecule has 1 saturated heterocycles. The topological polar surface area (TPSA) is 21.1 Å². The van der Waals surface area contributed by atoms with Gasteiger partial charge in [-0.3, -0.25) is 4.68 Å². The van der Waals surface area contributed by atoms with Gasteiger partial charge in [0.05, 0.1) is 6.04 Å². The molecule has 0 aliphatic carbocycles. The van der Waals surface area contributed by atoms with E-state index >= 15 is 0 Å². The predicted molar refractivity (Wildman–Crippen MR) is 48.0 cm³/mol. The van der Waals surface area contributed by atoms with Gasteiger partial charge in [-0.05, 0) is 39.0 Å². The summed E-state index contributed by atoms with van der Waals surface area (Å²) in [7, 11) is 2.18. The third-order valence-corrected chi connectivity index (χ3v) is 2.59. The molecule has 0 atom stereocenters. The maximum atomic E-state index is 4.26. The third kappa shape index (κ3) is 1.50. The molecular formula is C9H15N3. The van der Waals surface area contributed by atoms with Crippen LogP contribution in [0.5, 0.6) is 0 Å². The average Bonchev–Trinajstić information content (AvgIpc) is 2.58. The van der Waals surface area contributed by atoms with Crippen LogP contribution in [0.3, 0.4) is 0 Å². The van der Waals surface area contributed by atoms with Crippen LogP contribution < -0.4 is 0 Å². The van der Waals surface area contributed by atoms with Gasteiger partial charge in [-0.15, -0.1) is 0 Å². The molecule has 1 aromatic rings. The van der Waals surface area contributed by atoms with Crippen LogP contribution in [0, 0.1) is 0 Å². The van der Waals surface area contributed by atoms with Gasteiger partial charge in [0.2, 0.25) is 0 Å². The van der Waals surface area contributed by atoms with Crippen LogP contribution in [0.15, 0.2) is 18.5 Å². The summed E-state index contributed by atoms with van der Waals surface area (Å²) in [5.41, 5.74) is 0. The first-order valence-corrected chi connectivity index (χ1v) is 4.54. The first-order chi connectivity index (χ1) is 5.86. The van der Waals surface area contributed by atoms with Gasteiger partial charge in [0.1, 0.15) is 0 Å². The van der Waals surface area contributed by atoms with E-state index in [4.69, 9.17) is 0 Å². The predicted octanol–water partition coefficient (Wildman–Crippen LogP) is 1.15. The largest absolute Gasteiger partial charge is 0.306 e. The van der Waals surface area contributed by atoms with Gasteiger partial charge >= 0.3 is 0 Å². The molecule has 66 valence electrons. The molecule has 1 aromatic heterocycles. The highest BCUT2D eigenvalue weighted by Gasteiger charge is 2.17. The minimum absolute atomic E-state index is 0.635. The number of rotatable bonds is 1. The number of hydrogen-bond acceptors (Lipinski definition) is 2. The molecule has 1 aliphatic rings. The van der Waals surface area contributed by atoms with Gasteiger partial charge in [0, 0.05) is 12.4 Å². The van der Waals surface area contributed by atoms with Crippen LogP contribution in [0.2, 0.25) is 0 Å². The molecule has 0 bridgehead atoms. The lowest BCUT2D eigenvalue weighted by molar-refractivity contribution is 0.212. The summed E-state index contributed by atoms with van der Waals surface area (Å²) >= 11 is 0. The Hall–Kier alpha value is -0.830. The van der Waals surface area contributed by atoms with Gasteiger partial charge in [0.25, 0.3) is 0 Å². The van der Waals surface area contributed by atoms with Crippen LogP contribution in [-0.4, -0.2) is 34.8 Å². The van der Waals surface area contributed by atoms with Crippen LogP contribution in [0.1, 0.15) is 18.9 Å². The summed E-state index contributed by atoms with van der Waals surface area (Å²) in [5.74, 6) is 0. The van der Waals surface area contributed by atoms with Crippen molar-refractivity contribution in [2.24, 2.45) is 0 Å². The van der Waals surface area contributed by atoms with Gasteiger partial charge in [-0.2, -0.15) is 5.10 Å². The van der Waals surface area contributed by atoms with E-state index in [0.29, 0.717) is 6.04 Å². The summed E-state index contributed by atoms with van der Waals surface area (Å²) in [6.07, 6.45) is 6.39. The molecule has 12 heavy (non-hydrogen) atoms. The fourth-order valence-corrected chi connectivity index (χ4v) is 1.76. The Bertz CT molecular complexity index is 222. The fraction of sp³-hybridized carbons (Fsp3) is 0.667. The highest BCUT2D eigenvalue weighted by molar-refractivity contribution is 4.83. The molecule has 1 aliphatic heterocycles. The molecule has 0 amide bonds. The van der Waals surface area contributed by atoms with Crippen molar-refractivity contribution in [3.63, 3.8) is 0 Å². The van der Waals surface area contributed by atoms with Crippen LogP contribution in [0.25, 0.3) is 0 Å². The van der Waals surface area contributed by atoms with Crippen molar-refractivity contribution in [1.82, 2.24) is 14.7 Å². The number of likely N-dealkylation sites (tertiary alicyclic amines) is 1. The fourth-order valence-electron chi connectivity index (χ4n) is 1.76. The highest BCUT2D eigenvalue weighted by Crippen LogP contribution is 2.19. The molecule has 2 rings (SSSR count). The minimum atomic E-state index is 0.635. The van der Waals surface area contributed by atoms with Gasteiger partial charge in [-0.25, -0.2) is 0 Å². The Kier molecular flexibility index (Phi) is 2.13. The van der Waals surface area contributed by atoms with E-state index in [9.17, 15) is 0 Å². The molecule has 1 fully saturated rings. The van der Waals surface area contributed by atoms with Crippen molar-refractivity contribution in [1.29, 1.82) is 0 Å². The van der Waals surface area contributed by atoms with Crippen LogP contribution >= 0.6 is 0 Å². The third-order valence-electron chi connectivity index (χ3n) is 2.59. The molecule has 0 radical (unpaired) electrons. The van der Waals surface area contributed by atoms with Gasteiger partial charge in [-0.1, -0.05) is 0 Å². The normalized spacial score (nSPS) is 21.4. The second-order valence-corrected chi connectivity index (χ2v) is 3.52. The van der Waals surface area contributed by atoms with Crippen LogP contribution in [-0.2, 0) is 0 Å². The van der Waals surface area contributed by atoms with E-state index in [0.717, 1.165) is 0 Å². The summed E-state index contributed by atoms with van der Waals surface area (Å²) < 4.78 is 2.09. The van der Waals surface area contributed by atoms with Gasteiger partial charge in [0.15, 0.2) is 0 Å². The molecule has 2 heterocycles. The first kappa shape index (κ1) is 7.80. The lowest BCUT2D eigenvalue weighted by Gasteiger charge is -2.28. The summed E-state index contributed by atoms with van der Waals surface area (Å²) in [6.45, 7) is 2.40. The maximum Gasteiger partial charge on any atom is 0.0543 e. The van der Waals surface area contributed by atoms with E-state index in [1.807, 2.05) is 12.3 Å². The Morgan fingerprint density at radius 1 is 1.33 bits per heavy atom. The van der Waals surface area contributed by atoms with Crippen molar-refractivity contribution in [2.45, 2.75) is 18.9 Å².